The molecule has 1 unspecified atom stereocenters. The van der Waals surface area contributed by atoms with Gasteiger partial charge in [0.15, 0.2) is 5.96 Å². The van der Waals surface area contributed by atoms with E-state index in [1.165, 1.54) is 0 Å². The second-order valence-electron chi connectivity index (χ2n) is 6.60. The highest BCUT2D eigenvalue weighted by molar-refractivity contribution is 5.79. The van der Waals surface area contributed by atoms with Crippen LogP contribution in [0.4, 0.5) is 0 Å². The lowest BCUT2D eigenvalue weighted by molar-refractivity contribution is 0.106. The third-order valence-corrected chi connectivity index (χ3v) is 4.49. The minimum Gasteiger partial charge on any atom is -0.491 e. The number of methoxy groups -OCH3 is 1. The van der Waals surface area contributed by atoms with Crippen LogP contribution < -0.4 is 15.4 Å². The molecule has 2 N–H and O–H groups in total. The Kier molecular flexibility index (Phi) is 10.0. The number of nitrogens with zero attached hydrogens (tertiary/aromatic N) is 1. The fraction of sp³-hybridized carbons (Fsp3) is 0.435. The normalized spacial score (nSPS) is 12.5. The van der Waals surface area contributed by atoms with Crippen molar-refractivity contribution in [3.8, 4) is 5.75 Å². The van der Waals surface area contributed by atoms with Gasteiger partial charge in [0.1, 0.15) is 12.4 Å². The van der Waals surface area contributed by atoms with E-state index in [-0.39, 0.29) is 6.10 Å². The molecule has 1 atom stereocenters. The molecule has 0 aromatic heterocycles. The summed E-state index contributed by atoms with van der Waals surface area (Å²) in [5.74, 6) is 1.58. The largest absolute Gasteiger partial charge is 0.491 e. The first-order valence-electron chi connectivity index (χ1n) is 10.00. The van der Waals surface area contributed by atoms with Gasteiger partial charge in [-0.05, 0) is 31.0 Å². The second kappa shape index (κ2) is 12.8. The fourth-order valence-corrected chi connectivity index (χ4v) is 2.89. The third-order valence-electron chi connectivity index (χ3n) is 4.49. The van der Waals surface area contributed by atoms with Crippen LogP contribution in [0.1, 0.15) is 29.7 Å². The van der Waals surface area contributed by atoms with Gasteiger partial charge >= 0.3 is 0 Å². The molecule has 0 spiro atoms. The maximum absolute atomic E-state index is 5.91. The first-order valence-corrected chi connectivity index (χ1v) is 10.00. The first-order chi connectivity index (χ1) is 14.2. The molecule has 29 heavy (non-hydrogen) atoms. The topological polar surface area (TPSA) is 64.1 Å². The van der Waals surface area contributed by atoms with Gasteiger partial charge < -0.3 is 24.8 Å². The molecular formula is C23H33N3O3. The maximum atomic E-state index is 5.91. The summed E-state index contributed by atoms with van der Waals surface area (Å²) in [4.78, 5) is 4.31. The van der Waals surface area contributed by atoms with Gasteiger partial charge in [0.2, 0.25) is 0 Å². The van der Waals surface area contributed by atoms with Crippen LogP contribution in [-0.2, 0) is 16.0 Å². The lowest BCUT2D eigenvalue weighted by Gasteiger charge is -2.19. The standard InChI is InChI=1S/C23H33N3O3/c1-5-28-13-14-29-21-15-18(2)11-12-20(21)16-25-23(24-3)26-17-22(27-4)19-9-7-6-8-10-19/h6-12,15,22H,5,13-14,16-17H2,1-4H3,(H2,24,25,26). The molecule has 6 heteroatoms. The van der Waals surface area contributed by atoms with Gasteiger partial charge in [-0.2, -0.15) is 0 Å². The van der Waals surface area contributed by atoms with Gasteiger partial charge in [-0.3, -0.25) is 4.99 Å². The van der Waals surface area contributed by atoms with Crippen LogP contribution in [0.5, 0.6) is 5.75 Å². The van der Waals surface area contributed by atoms with E-state index in [2.05, 4.69) is 52.9 Å². The zero-order valence-electron chi connectivity index (χ0n) is 17.9. The van der Waals surface area contributed by atoms with Crippen molar-refractivity contribution in [3.63, 3.8) is 0 Å². The number of hydrogen-bond donors (Lipinski definition) is 2. The molecule has 2 aromatic carbocycles. The average Bonchev–Trinajstić information content (AvgIpc) is 2.75. The quantitative estimate of drug-likeness (QED) is 0.344. The van der Waals surface area contributed by atoms with Crippen LogP contribution >= 0.6 is 0 Å². The van der Waals surface area contributed by atoms with E-state index < -0.39 is 0 Å². The minimum absolute atomic E-state index is 0.0495. The second-order valence-corrected chi connectivity index (χ2v) is 6.60. The molecule has 0 radical (unpaired) electrons. The van der Waals surface area contributed by atoms with Crippen molar-refractivity contribution in [1.29, 1.82) is 0 Å². The van der Waals surface area contributed by atoms with Gasteiger partial charge in [-0.15, -0.1) is 0 Å². The Labute approximate surface area is 174 Å². The van der Waals surface area contributed by atoms with Crippen LogP contribution in [0.2, 0.25) is 0 Å². The summed E-state index contributed by atoms with van der Waals surface area (Å²) in [5.41, 5.74) is 3.36. The lowest BCUT2D eigenvalue weighted by Crippen LogP contribution is -2.39. The van der Waals surface area contributed by atoms with Crippen molar-refractivity contribution in [2.24, 2.45) is 4.99 Å². The van der Waals surface area contributed by atoms with Gasteiger partial charge in [-0.25, -0.2) is 0 Å². The summed E-state index contributed by atoms with van der Waals surface area (Å²) in [6.07, 6.45) is -0.0495. The predicted molar refractivity (Wildman–Crippen MR) is 118 cm³/mol. The number of aryl methyl sites for hydroxylation is 1. The lowest BCUT2D eigenvalue weighted by atomic mass is 10.1. The number of ether oxygens (including phenoxy) is 3. The molecule has 0 aliphatic heterocycles. The maximum Gasteiger partial charge on any atom is 0.191 e. The van der Waals surface area contributed by atoms with E-state index in [4.69, 9.17) is 14.2 Å². The number of benzene rings is 2. The highest BCUT2D eigenvalue weighted by Crippen LogP contribution is 2.20. The number of guanidine groups is 1. The van der Waals surface area contributed by atoms with Crippen LogP contribution in [0.15, 0.2) is 53.5 Å². The molecule has 0 amide bonds. The highest BCUT2D eigenvalue weighted by atomic mass is 16.5. The zero-order valence-corrected chi connectivity index (χ0v) is 17.9. The Morgan fingerprint density at radius 3 is 2.55 bits per heavy atom. The predicted octanol–water partition coefficient (Wildman–Crippen LogP) is 3.46. The number of aliphatic imine (C=N–C) groups is 1. The molecule has 0 saturated heterocycles. The Morgan fingerprint density at radius 1 is 1.07 bits per heavy atom. The van der Waals surface area contributed by atoms with Gasteiger partial charge in [0.05, 0.1) is 12.7 Å². The van der Waals surface area contributed by atoms with Crippen molar-refractivity contribution in [1.82, 2.24) is 10.6 Å². The molecule has 2 rings (SSSR count). The fourth-order valence-electron chi connectivity index (χ4n) is 2.89. The van der Waals surface area contributed by atoms with Crippen molar-refractivity contribution in [2.45, 2.75) is 26.5 Å². The van der Waals surface area contributed by atoms with Crippen LogP contribution in [0.3, 0.4) is 0 Å². The summed E-state index contributed by atoms with van der Waals surface area (Å²) in [6.45, 7) is 7.06. The molecule has 0 fully saturated rings. The van der Waals surface area contributed by atoms with Crippen molar-refractivity contribution in [2.75, 3.05) is 40.5 Å². The molecule has 0 aliphatic rings. The van der Waals surface area contributed by atoms with Crippen molar-refractivity contribution < 1.29 is 14.2 Å². The molecule has 0 heterocycles. The first kappa shape index (κ1) is 22.7. The Balaban J connectivity index is 1.91. The van der Waals surface area contributed by atoms with E-state index in [1.807, 2.05) is 25.1 Å². The zero-order chi connectivity index (χ0) is 20.9. The molecule has 0 saturated carbocycles. The average molecular weight is 400 g/mol. The Hall–Kier alpha value is -2.57. The van der Waals surface area contributed by atoms with Crippen LogP contribution in [0.25, 0.3) is 0 Å². The van der Waals surface area contributed by atoms with E-state index in [9.17, 15) is 0 Å². The Morgan fingerprint density at radius 2 is 1.86 bits per heavy atom. The SMILES string of the molecule is CCOCCOc1cc(C)ccc1CNC(=NC)NCC(OC)c1ccccc1. The number of rotatable bonds is 11. The summed E-state index contributed by atoms with van der Waals surface area (Å²) in [7, 11) is 3.47. The summed E-state index contributed by atoms with van der Waals surface area (Å²) in [5, 5.41) is 6.68. The summed E-state index contributed by atoms with van der Waals surface area (Å²) < 4.78 is 16.9. The van der Waals surface area contributed by atoms with Gasteiger partial charge in [0.25, 0.3) is 0 Å². The van der Waals surface area contributed by atoms with Gasteiger partial charge in [0, 0.05) is 39.4 Å². The summed E-state index contributed by atoms with van der Waals surface area (Å²) in [6, 6.07) is 16.4. The third kappa shape index (κ3) is 7.75. The van der Waals surface area contributed by atoms with E-state index >= 15 is 0 Å². The van der Waals surface area contributed by atoms with E-state index in [0.29, 0.717) is 38.9 Å². The molecule has 0 aliphatic carbocycles. The molecule has 6 nitrogen and oxygen atoms in total. The number of nitrogens with one attached hydrogen (secondary N) is 2. The van der Waals surface area contributed by atoms with E-state index in [1.54, 1.807) is 14.2 Å². The van der Waals surface area contributed by atoms with E-state index in [0.717, 1.165) is 22.4 Å². The Bertz CT molecular complexity index is 750. The number of hydrogen-bond acceptors (Lipinski definition) is 4. The van der Waals surface area contributed by atoms with Crippen LogP contribution in [-0.4, -0.2) is 46.5 Å². The summed E-state index contributed by atoms with van der Waals surface area (Å²) >= 11 is 0. The molecule has 2 aromatic rings. The monoisotopic (exact) mass is 399 g/mol. The highest BCUT2D eigenvalue weighted by Gasteiger charge is 2.11. The minimum atomic E-state index is -0.0495. The van der Waals surface area contributed by atoms with Gasteiger partial charge in [-0.1, -0.05) is 42.5 Å². The molecule has 158 valence electrons. The van der Waals surface area contributed by atoms with Crippen LogP contribution in [0, 0.1) is 6.92 Å². The molecular weight excluding hydrogens is 366 g/mol. The smallest absolute Gasteiger partial charge is 0.191 e. The van der Waals surface area contributed by atoms with Crippen molar-refractivity contribution >= 4 is 5.96 Å². The van der Waals surface area contributed by atoms with Crippen molar-refractivity contribution in [3.05, 3.63) is 65.2 Å². The molecule has 0 bridgehead atoms.